The molecule has 0 atom stereocenters. The van der Waals surface area contributed by atoms with Crippen molar-refractivity contribution in [2.75, 3.05) is 0 Å². The van der Waals surface area contributed by atoms with Gasteiger partial charge in [-0.25, -0.2) is 43.9 Å². The Morgan fingerprint density at radius 1 is 0.464 bits per heavy atom. The average molecular weight is 438 g/mol. The fraction of sp³-hybridized carbons (Fsp3) is 0.250. The van der Waals surface area contributed by atoms with Crippen molar-refractivity contribution >= 4 is 17.8 Å². The molecule has 0 aromatic heterocycles. The van der Waals surface area contributed by atoms with E-state index < -0.39 is 81.1 Å². The topological polar surface area (TPSA) is 17.1 Å². The van der Waals surface area contributed by atoms with Crippen molar-refractivity contribution in [2.45, 2.75) is 25.9 Å². The van der Waals surface area contributed by atoms with Gasteiger partial charge in [0.2, 0.25) is 11.6 Å². The Kier molecular flexibility index (Phi) is 5.40. The molecule has 0 aliphatic carbocycles. The van der Waals surface area contributed by atoms with Crippen molar-refractivity contribution in [1.82, 2.24) is 0 Å². The summed E-state index contributed by atoms with van der Waals surface area (Å²) in [5.41, 5.74) is 0. The van der Waals surface area contributed by atoms with Crippen LogP contribution in [0.15, 0.2) is 0 Å². The van der Waals surface area contributed by atoms with Crippen LogP contribution in [0.3, 0.4) is 0 Å². The predicted molar refractivity (Wildman–Crippen MR) is 79.1 cm³/mol. The lowest BCUT2D eigenvalue weighted by atomic mass is 10.2. The van der Waals surface area contributed by atoms with Gasteiger partial charge in [0.05, 0.1) is 10.6 Å². The Bertz CT molecular complexity index is 910. The van der Waals surface area contributed by atoms with Crippen molar-refractivity contribution in [3.05, 3.63) is 58.2 Å². The largest absolute Gasteiger partial charge is 0.313 e. The van der Waals surface area contributed by atoms with Gasteiger partial charge in [0.1, 0.15) is 0 Å². The van der Waals surface area contributed by atoms with Crippen LogP contribution in [0.25, 0.3) is 0 Å². The number of benzene rings is 2. The van der Waals surface area contributed by atoms with Crippen LogP contribution in [0.1, 0.15) is 20.8 Å². The quantitative estimate of drug-likeness (QED) is 0.273. The van der Waals surface area contributed by atoms with E-state index in [1.807, 2.05) is 0 Å². The third-order valence-electron chi connectivity index (χ3n) is 3.95. The van der Waals surface area contributed by atoms with E-state index in [9.17, 15) is 48.5 Å². The van der Waals surface area contributed by atoms with Crippen molar-refractivity contribution in [2.24, 2.45) is 0 Å². The third-order valence-corrected chi connectivity index (χ3v) is 7.88. The zero-order chi connectivity index (χ0) is 21.9. The molecular weight excluding hydrogens is 429 g/mol. The fourth-order valence-electron chi connectivity index (χ4n) is 2.52. The van der Waals surface area contributed by atoms with Gasteiger partial charge in [0, 0.05) is 5.16 Å². The van der Waals surface area contributed by atoms with Gasteiger partial charge in [0.25, 0.3) is 0 Å². The summed E-state index contributed by atoms with van der Waals surface area (Å²) >= 11 is 0. The van der Waals surface area contributed by atoms with E-state index >= 15 is 0 Å². The van der Waals surface area contributed by atoms with Gasteiger partial charge in [-0.2, -0.15) is 0 Å². The van der Waals surface area contributed by atoms with E-state index in [0.717, 1.165) is 20.8 Å². The van der Waals surface area contributed by atoms with Gasteiger partial charge in [0.15, 0.2) is 53.7 Å². The normalized spacial score (nSPS) is 12.6. The minimum Gasteiger partial charge on any atom is -0.313 e. The molecule has 28 heavy (non-hydrogen) atoms. The van der Waals surface area contributed by atoms with E-state index in [0.29, 0.717) is 0 Å². The predicted octanol–water partition coefficient (Wildman–Crippen LogP) is 5.19. The molecule has 0 amide bonds. The zero-order valence-electron chi connectivity index (χ0n) is 14.1. The van der Waals surface area contributed by atoms with Crippen LogP contribution >= 0.6 is 7.14 Å². The van der Waals surface area contributed by atoms with E-state index in [-0.39, 0.29) is 0 Å². The highest BCUT2D eigenvalue weighted by atomic mass is 31.2. The molecule has 0 fully saturated rings. The van der Waals surface area contributed by atoms with Gasteiger partial charge < -0.3 is 4.57 Å². The van der Waals surface area contributed by atoms with Crippen LogP contribution in [0, 0.1) is 58.2 Å². The molecule has 0 N–H and O–H groups in total. The van der Waals surface area contributed by atoms with Crippen molar-refractivity contribution < 1.29 is 48.5 Å². The standard InChI is InChI=1S/C16H9F10OP/c1-16(2,3)28(27,14-10(23)6(19)4(17)7(20)11(14)24)15-12(25)8(21)5(18)9(22)13(15)26/h1-3H3. The summed E-state index contributed by atoms with van der Waals surface area (Å²) in [7, 11) is -5.70. The Morgan fingerprint density at radius 3 is 0.821 bits per heavy atom. The van der Waals surface area contributed by atoms with Crippen LogP contribution in [-0.2, 0) is 4.57 Å². The van der Waals surface area contributed by atoms with Crippen LogP contribution in [0.2, 0.25) is 0 Å². The average Bonchev–Trinajstić information content (AvgIpc) is 2.60. The molecular formula is C16H9F10OP. The van der Waals surface area contributed by atoms with Crippen LogP contribution in [-0.4, -0.2) is 5.16 Å². The lowest BCUT2D eigenvalue weighted by molar-refractivity contribution is 0.380. The molecule has 12 heteroatoms. The first-order chi connectivity index (χ1) is 12.6. The second kappa shape index (κ2) is 6.79. The summed E-state index contributed by atoms with van der Waals surface area (Å²) in [6, 6.07) is 0. The zero-order valence-corrected chi connectivity index (χ0v) is 15.0. The molecule has 0 spiro atoms. The Hall–Kier alpha value is -2.03. The molecule has 2 aromatic carbocycles. The molecule has 0 heterocycles. The number of hydrogen-bond acceptors (Lipinski definition) is 1. The van der Waals surface area contributed by atoms with E-state index in [2.05, 4.69) is 0 Å². The van der Waals surface area contributed by atoms with Crippen LogP contribution < -0.4 is 10.6 Å². The lowest BCUT2D eigenvalue weighted by Gasteiger charge is -2.33. The maximum absolute atomic E-state index is 14.3. The lowest BCUT2D eigenvalue weighted by Crippen LogP contribution is -2.39. The smallest absolute Gasteiger partial charge is 0.200 e. The summed E-state index contributed by atoms with van der Waals surface area (Å²) in [4.78, 5) is 0. The van der Waals surface area contributed by atoms with Crippen molar-refractivity contribution in [1.29, 1.82) is 0 Å². The summed E-state index contributed by atoms with van der Waals surface area (Å²) in [5.74, 6) is -26.5. The highest BCUT2D eigenvalue weighted by Gasteiger charge is 2.51. The summed E-state index contributed by atoms with van der Waals surface area (Å²) in [6.07, 6.45) is 0. The SMILES string of the molecule is CC(C)(C)P(=O)(c1c(F)c(F)c(F)c(F)c1F)c1c(F)c(F)c(F)c(F)c1F. The molecule has 0 radical (unpaired) electrons. The monoisotopic (exact) mass is 438 g/mol. The summed E-state index contributed by atoms with van der Waals surface area (Å²) < 4.78 is 151. The minimum absolute atomic E-state index is 0.809. The second-order valence-electron chi connectivity index (χ2n) is 6.62. The van der Waals surface area contributed by atoms with Crippen molar-refractivity contribution in [3.63, 3.8) is 0 Å². The maximum atomic E-state index is 14.3. The fourth-order valence-corrected chi connectivity index (χ4v) is 5.59. The first-order valence-electron chi connectivity index (χ1n) is 7.24. The van der Waals surface area contributed by atoms with Crippen LogP contribution in [0.5, 0.6) is 0 Å². The Labute approximate surface area is 151 Å². The molecule has 0 unspecified atom stereocenters. The number of rotatable bonds is 2. The van der Waals surface area contributed by atoms with Gasteiger partial charge in [-0.3, -0.25) is 0 Å². The van der Waals surface area contributed by atoms with Crippen LogP contribution in [0.4, 0.5) is 43.9 Å². The molecule has 0 bridgehead atoms. The Balaban J connectivity index is 3.20. The maximum Gasteiger partial charge on any atom is 0.200 e. The first kappa shape index (κ1) is 22.3. The second-order valence-corrected chi connectivity index (χ2v) is 10.1. The number of hydrogen-bond donors (Lipinski definition) is 0. The summed E-state index contributed by atoms with van der Waals surface area (Å²) in [5, 5.41) is -6.57. The van der Waals surface area contributed by atoms with Gasteiger partial charge >= 0.3 is 0 Å². The molecule has 2 rings (SSSR count). The highest BCUT2D eigenvalue weighted by molar-refractivity contribution is 7.80. The van der Waals surface area contributed by atoms with E-state index in [1.54, 1.807) is 0 Å². The molecule has 0 aliphatic heterocycles. The molecule has 0 aliphatic rings. The van der Waals surface area contributed by atoms with Gasteiger partial charge in [-0.1, -0.05) is 20.8 Å². The van der Waals surface area contributed by atoms with E-state index in [4.69, 9.17) is 0 Å². The molecule has 0 saturated heterocycles. The molecule has 154 valence electrons. The van der Waals surface area contributed by atoms with E-state index in [1.165, 1.54) is 0 Å². The molecule has 2 aromatic rings. The molecule has 0 saturated carbocycles. The minimum atomic E-state index is -5.70. The summed E-state index contributed by atoms with van der Waals surface area (Å²) in [6.45, 7) is 2.43. The Morgan fingerprint density at radius 2 is 0.643 bits per heavy atom. The number of halogens is 10. The first-order valence-corrected chi connectivity index (χ1v) is 8.95. The third kappa shape index (κ3) is 2.82. The highest BCUT2D eigenvalue weighted by Crippen LogP contribution is 2.58. The van der Waals surface area contributed by atoms with Crippen molar-refractivity contribution in [3.8, 4) is 0 Å². The van der Waals surface area contributed by atoms with Gasteiger partial charge in [-0.15, -0.1) is 0 Å². The molecule has 1 nitrogen and oxygen atoms in total. The van der Waals surface area contributed by atoms with Gasteiger partial charge in [-0.05, 0) is 0 Å².